The van der Waals surface area contributed by atoms with Crippen molar-refractivity contribution < 1.29 is 9.53 Å². The van der Waals surface area contributed by atoms with Gasteiger partial charge in [0.2, 0.25) is 5.91 Å². The van der Waals surface area contributed by atoms with Crippen molar-refractivity contribution in [3.8, 4) is 0 Å². The Morgan fingerprint density at radius 3 is 2.90 bits per heavy atom. The van der Waals surface area contributed by atoms with E-state index in [1.165, 1.54) is 0 Å². The molecule has 2 atom stereocenters. The van der Waals surface area contributed by atoms with Gasteiger partial charge in [0, 0.05) is 45.4 Å². The molecule has 0 unspecified atom stereocenters. The van der Waals surface area contributed by atoms with Crippen LogP contribution >= 0.6 is 0 Å². The van der Waals surface area contributed by atoms with E-state index < -0.39 is 0 Å². The molecule has 1 heterocycles. The smallest absolute Gasteiger partial charge is 0.237 e. The molecule has 116 valence electrons. The van der Waals surface area contributed by atoms with Gasteiger partial charge >= 0.3 is 0 Å². The fourth-order valence-electron chi connectivity index (χ4n) is 2.52. The van der Waals surface area contributed by atoms with E-state index in [-0.39, 0.29) is 11.9 Å². The summed E-state index contributed by atoms with van der Waals surface area (Å²) in [5.41, 5.74) is 0. The number of hydrogen-bond acceptors (Lipinski definition) is 4. The van der Waals surface area contributed by atoms with Crippen LogP contribution in [0.3, 0.4) is 0 Å². The molecule has 0 bridgehead atoms. The zero-order chi connectivity index (χ0) is 15.0. The van der Waals surface area contributed by atoms with Crippen LogP contribution in [0.2, 0.25) is 0 Å². The van der Waals surface area contributed by atoms with E-state index in [4.69, 9.17) is 4.74 Å². The van der Waals surface area contributed by atoms with Gasteiger partial charge in [-0.25, -0.2) is 0 Å². The first kappa shape index (κ1) is 17.1. The lowest BCUT2D eigenvalue weighted by atomic mass is 10.1. The van der Waals surface area contributed by atoms with Gasteiger partial charge in [0.1, 0.15) is 0 Å². The van der Waals surface area contributed by atoms with Crippen molar-refractivity contribution in [2.75, 3.05) is 45.9 Å². The molecule has 0 aromatic carbocycles. The average Bonchev–Trinajstić information content (AvgIpc) is 2.45. The van der Waals surface area contributed by atoms with E-state index in [0.29, 0.717) is 12.6 Å². The summed E-state index contributed by atoms with van der Waals surface area (Å²) >= 11 is 0. The van der Waals surface area contributed by atoms with Gasteiger partial charge in [0.15, 0.2) is 0 Å². The van der Waals surface area contributed by atoms with Crippen LogP contribution in [0.25, 0.3) is 0 Å². The number of ether oxygens (including phenoxy) is 1. The average molecular weight is 283 g/mol. The second-order valence-electron chi connectivity index (χ2n) is 5.29. The van der Waals surface area contributed by atoms with Gasteiger partial charge in [-0.15, -0.1) is 6.58 Å². The van der Waals surface area contributed by atoms with Crippen molar-refractivity contribution in [2.45, 2.75) is 32.9 Å². The number of nitrogens with one attached hydrogen (secondary N) is 1. The van der Waals surface area contributed by atoms with Gasteiger partial charge < -0.3 is 10.1 Å². The Balaban J connectivity index is 2.37. The van der Waals surface area contributed by atoms with E-state index in [1.54, 1.807) is 6.08 Å². The Bertz CT molecular complexity index is 309. The zero-order valence-corrected chi connectivity index (χ0v) is 13.1. The third-order valence-electron chi connectivity index (χ3n) is 3.87. The van der Waals surface area contributed by atoms with Crippen LogP contribution in [-0.2, 0) is 9.53 Å². The van der Waals surface area contributed by atoms with Gasteiger partial charge in [0.25, 0.3) is 0 Å². The number of amides is 1. The van der Waals surface area contributed by atoms with Gasteiger partial charge in [0.05, 0.1) is 12.6 Å². The topological polar surface area (TPSA) is 44.8 Å². The Morgan fingerprint density at radius 2 is 2.30 bits per heavy atom. The first-order valence-electron chi connectivity index (χ1n) is 7.54. The van der Waals surface area contributed by atoms with Crippen LogP contribution in [0.1, 0.15) is 20.8 Å². The molecule has 1 saturated heterocycles. The minimum atomic E-state index is -0.0774. The summed E-state index contributed by atoms with van der Waals surface area (Å²) in [6, 6.07) is 0.380. The van der Waals surface area contributed by atoms with E-state index in [9.17, 15) is 4.79 Å². The predicted molar refractivity (Wildman–Crippen MR) is 81.8 cm³/mol. The molecular weight excluding hydrogens is 254 g/mol. The second kappa shape index (κ2) is 9.10. The van der Waals surface area contributed by atoms with Gasteiger partial charge in [-0.05, 0) is 20.8 Å². The number of piperazine rings is 1. The summed E-state index contributed by atoms with van der Waals surface area (Å²) in [6.07, 6.45) is 1.71. The molecule has 0 saturated carbocycles. The maximum atomic E-state index is 12.0. The van der Waals surface area contributed by atoms with Crippen molar-refractivity contribution in [3.63, 3.8) is 0 Å². The molecule has 1 rings (SSSR count). The highest BCUT2D eigenvalue weighted by atomic mass is 16.5. The number of hydrogen-bond donors (Lipinski definition) is 1. The Kier molecular flexibility index (Phi) is 7.80. The minimum Gasteiger partial charge on any atom is -0.380 e. The zero-order valence-electron chi connectivity index (χ0n) is 13.1. The highest BCUT2D eigenvalue weighted by Gasteiger charge is 2.29. The van der Waals surface area contributed by atoms with Crippen molar-refractivity contribution in [3.05, 3.63) is 12.7 Å². The summed E-state index contributed by atoms with van der Waals surface area (Å²) < 4.78 is 5.41. The Morgan fingerprint density at radius 1 is 1.55 bits per heavy atom. The predicted octanol–water partition coefficient (Wildman–Crippen LogP) is 0.720. The standard InChI is InChI=1S/C15H29N3O2/c1-5-7-16-15(19)14(4)18-9-8-17(13(3)12-18)10-11-20-6-2/h5,13-14H,1,6-12H2,2-4H3,(H,16,19)/t13-,14+/m1/s1. The molecule has 1 aliphatic rings. The van der Waals surface area contributed by atoms with Crippen LogP contribution in [0, 0.1) is 0 Å². The molecule has 1 N–H and O–H groups in total. The lowest BCUT2D eigenvalue weighted by Gasteiger charge is -2.41. The van der Waals surface area contributed by atoms with Gasteiger partial charge in [-0.1, -0.05) is 6.08 Å². The van der Waals surface area contributed by atoms with E-state index in [0.717, 1.165) is 39.4 Å². The van der Waals surface area contributed by atoms with Crippen LogP contribution in [0.15, 0.2) is 12.7 Å². The second-order valence-corrected chi connectivity index (χ2v) is 5.29. The lowest BCUT2D eigenvalue weighted by Crippen LogP contribution is -2.57. The molecule has 1 fully saturated rings. The summed E-state index contributed by atoms with van der Waals surface area (Å²) in [5, 5.41) is 2.87. The highest BCUT2D eigenvalue weighted by molar-refractivity contribution is 5.81. The van der Waals surface area contributed by atoms with E-state index >= 15 is 0 Å². The largest absolute Gasteiger partial charge is 0.380 e. The molecule has 0 spiro atoms. The van der Waals surface area contributed by atoms with Gasteiger partial charge in [-0.2, -0.15) is 0 Å². The SMILES string of the molecule is C=CCNC(=O)[C@H](C)N1CCN(CCOCC)[C@H](C)C1. The number of rotatable bonds is 8. The first-order chi connectivity index (χ1) is 9.60. The van der Waals surface area contributed by atoms with Gasteiger partial charge in [-0.3, -0.25) is 14.6 Å². The monoisotopic (exact) mass is 283 g/mol. The normalized spacial score (nSPS) is 22.4. The number of nitrogens with zero attached hydrogens (tertiary/aromatic N) is 2. The summed E-state index contributed by atoms with van der Waals surface area (Å²) in [7, 11) is 0. The van der Waals surface area contributed by atoms with Crippen LogP contribution in [0.5, 0.6) is 0 Å². The Hall–Kier alpha value is -0.910. The Labute approximate surface area is 122 Å². The van der Waals surface area contributed by atoms with Crippen molar-refractivity contribution in [1.29, 1.82) is 0 Å². The maximum Gasteiger partial charge on any atom is 0.237 e. The third-order valence-corrected chi connectivity index (χ3v) is 3.87. The van der Waals surface area contributed by atoms with E-state index in [2.05, 4.69) is 28.6 Å². The van der Waals surface area contributed by atoms with Crippen LogP contribution in [-0.4, -0.2) is 73.7 Å². The van der Waals surface area contributed by atoms with Crippen molar-refractivity contribution in [2.24, 2.45) is 0 Å². The van der Waals surface area contributed by atoms with Crippen molar-refractivity contribution >= 4 is 5.91 Å². The molecule has 5 heteroatoms. The quantitative estimate of drug-likeness (QED) is 0.527. The molecule has 0 aromatic rings. The highest BCUT2D eigenvalue weighted by Crippen LogP contribution is 2.12. The molecular formula is C15H29N3O2. The summed E-state index contributed by atoms with van der Waals surface area (Å²) in [6.45, 7) is 15.7. The minimum absolute atomic E-state index is 0.0774. The maximum absolute atomic E-state index is 12.0. The fraction of sp³-hybridized carbons (Fsp3) is 0.800. The molecule has 0 aliphatic carbocycles. The van der Waals surface area contributed by atoms with Crippen LogP contribution in [0.4, 0.5) is 0 Å². The summed E-state index contributed by atoms with van der Waals surface area (Å²) in [4.78, 5) is 16.6. The molecule has 0 radical (unpaired) electrons. The van der Waals surface area contributed by atoms with Crippen molar-refractivity contribution in [1.82, 2.24) is 15.1 Å². The van der Waals surface area contributed by atoms with Crippen LogP contribution < -0.4 is 5.32 Å². The molecule has 20 heavy (non-hydrogen) atoms. The summed E-state index contributed by atoms with van der Waals surface area (Å²) in [5.74, 6) is 0.0832. The number of carbonyl (C=O) groups is 1. The third kappa shape index (κ3) is 5.23. The van der Waals surface area contributed by atoms with E-state index in [1.807, 2.05) is 13.8 Å². The lowest BCUT2D eigenvalue weighted by molar-refractivity contribution is -0.126. The molecule has 0 aromatic heterocycles. The number of carbonyl (C=O) groups excluding carboxylic acids is 1. The molecule has 5 nitrogen and oxygen atoms in total. The first-order valence-corrected chi connectivity index (χ1v) is 7.54. The molecule has 1 aliphatic heterocycles. The fourth-order valence-corrected chi connectivity index (χ4v) is 2.52. The molecule has 1 amide bonds.